The quantitative estimate of drug-likeness (QED) is 0.902. The molecule has 0 spiro atoms. The van der Waals surface area contributed by atoms with E-state index in [9.17, 15) is 13.5 Å². The number of sulfone groups is 1. The molecule has 5 nitrogen and oxygen atoms in total. The third kappa shape index (κ3) is 2.80. The van der Waals surface area contributed by atoms with Gasteiger partial charge in [0.2, 0.25) is 0 Å². The molecule has 0 amide bonds. The Bertz CT molecular complexity index is 587. The second kappa shape index (κ2) is 4.75. The molecule has 1 fully saturated rings. The zero-order chi connectivity index (χ0) is 14.4. The van der Waals surface area contributed by atoms with Crippen molar-refractivity contribution < 1.29 is 13.5 Å². The van der Waals surface area contributed by atoms with E-state index in [0.29, 0.717) is 17.1 Å². The lowest BCUT2D eigenvalue weighted by Crippen LogP contribution is -2.17. The molecular weight excluding hydrogens is 288 g/mol. The third-order valence-corrected chi connectivity index (χ3v) is 5.52. The molecule has 1 saturated heterocycles. The highest BCUT2D eigenvalue weighted by molar-refractivity contribution is 7.91. The molecule has 1 aliphatic heterocycles. The topological polar surface area (TPSA) is 72.2 Å². The van der Waals surface area contributed by atoms with Crippen LogP contribution < -0.4 is 0 Å². The van der Waals surface area contributed by atoms with Crippen molar-refractivity contribution in [2.24, 2.45) is 0 Å². The number of nitrogens with zero attached hydrogens (tertiary/aromatic N) is 2. The number of aliphatic hydroxyl groups is 1. The summed E-state index contributed by atoms with van der Waals surface area (Å²) in [5.74, 6) is 0.246. The normalized spacial score (nSPS) is 22.9. The second-order valence-electron chi connectivity index (χ2n) is 6.03. The molecular formula is C12H19ClN2O3S. The SMILES string of the molecule is CC(C)(C)c1nn(C2CCS(=O)(=O)C2)c(Cl)c1CO. The first-order valence-electron chi connectivity index (χ1n) is 6.24. The van der Waals surface area contributed by atoms with Crippen LogP contribution in [0.25, 0.3) is 0 Å². The lowest BCUT2D eigenvalue weighted by Gasteiger charge is -2.16. The maximum Gasteiger partial charge on any atom is 0.152 e. The second-order valence-corrected chi connectivity index (χ2v) is 8.61. The summed E-state index contributed by atoms with van der Waals surface area (Å²) in [5.41, 5.74) is 1.08. The van der Waals surface area contributed by atoms with E-state index >= 15 is 0 Å². The van der Waals surface area contributed by atoms with Crippen LogP contribution in [0.3, 0.4) is 0 Å². The van der Waals surface area contributed by atoms with Crippen LogP contribution >= 0.6 is 11.6 Å². The maximum absolute atomic E-state index is 11.6. The molecule has 19 heavy (non-hydrogen) atoms. The van der Waals surface area contributed by atoms with Gasteiger partial charge < -0.3 is 5.11 Å². The van der Waals surface area contributed by atoms with Crippen LogP contribution in [0.4, 0.5) is 0 Å². The van der Waals surface area contributed by atoms with Crippen LogP contribution in [-0.2, 0) is 21.9 Å². The molecule has 2 heterocycles. The van der Waals surface area contributed by atoms with Crippen molar-refractivity contribution in [1.82, 2.24) is 9.78 Å². The maximum atomic E-state index is 11.6. The average molecular weight is 307 g/mol. The minimum atomic E-state index is -2.99. The number of aromatic nitrogens is 2. The summed E-state index contributed by atoms with van der Waals surface area (Å²) < 4.78 is 24.7. The van der Waals surface area contributed by atoms with Crippen LogP contribution in [-0.4, -0.2) is 34.8 Å². The van der Waals surface area contributed by atoms with E-state index in [-0.39, 0.29) is 29.6 Å². The van der Waals surface area contributed by atoms with Crippen LogP contribution in [0.5, 0.6) is 0 Å². The molecule has 1 N–H and O–H groups in total. The Kier molecular flexibility index (Phi) is 3.70. The van der Waals surface area contributed by atoms with Crippen molar-refractivity contribution in [3.8, 4) is 0 Å². The highest BCUT2D eigenvalue weighted by Crippen LogP contribution is 2.34. The fourth-order valence-corrected chi connectivity index (χ4v) is 4.42. The molecule has 0 aromatic carbocycles. The van der Waals surface area contributed by atoms with Gasteiger partial charge in [-0.15, -0.1) is 0 Å². The number of halogens is 1. The molecule has 1 aliphatic rings. The molecule has 7 heteroatoms. The fourth-order valence-electron chi connectivity index (χ4n) is 2.40. The summed E-state index contributed by atoms with van der Waals surface area (Å²) in [7, 11) is -2.99. The summed E-state index contributed by atoms with van der Waals surface area (Å²) in [6.07, 6.45) is 0.526. The summed E-state index contributed by atoms with van der Waals surface area (Å²) in [6.45, 7) is 5.77. The van der Waals surface area contributed by atoms with Gasteiger partial charge in [0.25, 0.3) is 0 Å². The highest BCUT2D eigenvalue weighted by atomic mass is 35.5. The number of hydrogen-bond donors (Lipinski definition) is 1. The summed E-state index contributed by atoms with van der Waals surface area (Å²) in [6, 6.07) is -0.223. The van der Waals surface area contributed by atoms with Gasteiger partial charge in [0.1, 0.15) is 5.15 Å². The largest absolute Gasteiger partial charge is 0.391 e. The number of rotatable bonds is 2. The Hall–Kier alpha value is -0.590. The highest BCUT2D eigenvalue weighted by Gasteiger charge is 2.34. The molecule has 1 atom stereocenters. The van der Waals surface area contributed by atoms with E-state index in [2.05, 4.69) is 5.10 Å². The van der Waals surface area contributed by atoms with Crippen molar-refractivity contribution in [3.63, 3.8) is 0 Å². The Morgan fingerprint density at radius 2 is 2.11 bits per heavy atom. The van der Waals surface area contributed by atoms with Crippen LogP contribution in [0, 0.1) is 0 Å². The van der Waals surface area contributed by atoms with Crippen molar-refractivity contribution in [3.05, 3.63) is 16.4 Å². The lowest BCUT2D eigenvalue weighted by atomic mass is 9.90. The van der Waals surface area contributed by atoms with Gasteiger partial charge in [-0.25, -0.2) is 13.1 Å². The summed E-state index contributed by atoms with van der Waals surface area (Å²) in [5, 5.41) is 14.3. The smallest absolute Gasteiger partial charge is 0.152 e. The zero-order valence-electron chi connectivity index (χ0n) is 11.4. The molecule has 0 radical (unpaired) electrons. The van der Waals surface area contributed by atoms with E-state index in [1.165, 1.54) is 0 Å². The van der Waals surface area contributed by atoms with Crippen molar-refractivity contribution in [1.29, 1.82) is 0 Å². The first-order chi connectivity index (χ1) is 8.65. The first-order valence-corrected chi connectivity index (χ1v) is 8.44. The van der Waals surface area contributed by atoms with Gasteiger partial charge in [-0.2, -0.15) is 5.10 Å². The Balaban J connectivity index is 2.46. The molecule has 2 rings (SSSR count). The molecule has 0 bridgehead atoms. The van der Waals surface area contributed by atoms with Gasteiger partial charge in [-0.3, -0.25) is 0 Å². The summed E-state index contributed by atoms with van der Waals surface area (Å²) in [4.78, 5) is 0. The zero-order valence-corrected chi connectivity index (χ0v) is 12.9. The molecule has 1 unspecified atom stereocenters. The molecule has 0 aliphatic carbocycles. The van der Waals surface area contributed by atoms with E-state index in [1.54, 1.807) is 4.68 Å². The minimum Gasteiger partial charge on any atom is -0.391 e. The van der Waals surface area contributed by atoms with Gasteiger partial charge in [-0.1, -0.05) is 32.4 Å². The molecule has 0 saturated carbocycles. The Morgan fingerprint density at radius 3 is 2.47 bits per heavy atom. The van der Waals surface area contributed by atoms with Gasteiger partial charge >= 0.3 is 0 Å². The van der Waals surface area contributed by atoms with E-state index in [0.717, 1.165) is 5.69 Å². The van der Waals surface area contributed by atoms with E-state index in [1.807, 2.05) is 20.8 Å². The first kappa shape index (κ1) is 14.8. The Labute approximate surface area is 118 Å². The van der Waals surface area contributed by atoms with Gasteiger partial charge in [0, 0.05) is 11.0 Å². The predicted octanol–water partition coefficient (Wildman–Crippen LogP) is 1.69. The van der Waals surface area contributed by atoms with Gasteiger partial charge in [-0.05, 0) is 6.42 Å². The lowest BCUT2D eigenvalue weighted by molar-refractivity contribution is 0.278. The van der Waals surface area contributed by atoms with Gasteiger partial charge in [0.15, 0.2) is 9.84 Å². The van der Waals surface area contributed by atoms with Gasteiger partial charge in [0.05, 0.1) is 29.8 Å². The van der Waals surface area contributed by atoms with Crippen molar-refractivity contribution in [2.45, 2.75) is 45.3 Å². The molecule has 108 valence electrons. The predicted molar refractivity (Wildman–Crippen MR) is 74.2 cm³/mol. The fraction of sp³-hybridized carbons (Fsp3) is 0.750. The molecule has 1 aromatic rings. The average Bonchev–Trinajstić information content (AvgIpc) is 2.77. The van der Waals surface area contributed by atoms with E-state index in [4.69, 9.17) is 11.6 Å². The van der Waals surface area contributed by atoms with Crippen LogP contribution in [0.15, 0.2) is 0 Å². The minimum absolute atomic E-state index is 0.0723. The van der Waals surface area contributed by atoms with Crippen molar-refractivity contribution >= 4 is 21.4 Å². The monoisotopic (exact) mass is 306 g/mol. The number of hydrogen-bond acceptors (Lipinski definition) is 4. The van der Waals surface area contributed by atoms with Crippen LogP contribution in [0.1, 0.15) is 44.5 Å². The summed E-state index contributed by atoms with van der Waals surface area (Å²) >= 11 is 6.25. The third-order valence-electron chi connectivity index (χ3n) is 3.37. The van der Waals surface area contributed by atoms with E-state index < -0.39 is 9.84 Å². The Morgan fingerprint density at radius 1 is 1.47 bits per heavy atom. The number of aliphatic hydroxyl groups excluding tert-OH is 1. The standard InChI is InChI=1S/C12H19ClN2O3S/c1-12(2,3)10-9(6-16)11(13)15(14-10)8-4-5-19(17,18)7-8/h8,16H,4-7H2,1-3H3. The van der Waals surface area contributed by atoms with Crippen molar-refractivity contribution in [2.75, 3.05) is 11.5 Å². The van der Waals surface area contributed by atoms with Crippen LogP contribution in [0.2, 0.25) is 5.15 Å². The molecule has 1 aromatic heterocycles.